The topological polar surface area (TPSA) is 121 Å². The van der Waals surface area contributed by atoms with Crippen LogP contribution in [-0.2, 0) is 13.0 Å². The summed E-state index contributed by atoms with van der Waals surface area (Å²) < 4.78 is 1.12. The molecule has 2 aromatic heterocycles. The average Bonchev–Trinajstić information content (AvgIpc) is 2.46. The molecule has 0 radical (unpaired) electrons. The lowest BCUT2D eigenvalue weighted by Gasteiger charge is -2.07. The molecule has 21 heavy (non-hydrogen) atoms. The monoisotopic (exact) mass is 288 g/mol. The van der Waals surface area contributed by atoms with Crippen LogP contribution >= 0.6 is 0 Å². The van der Waals surface area contributed by atoms with E-state index in [2.05, 4.69) is 4.98 Å². The third-order valence-corrected chi connectivity index (χ3v) is 2.94. The highest BCUT2D eigenvalue weighted by Crippen LogP contribution is 2.10. The molecule has 2 aromatic rings. The number of pyridine rings is 2. The maximum absolute atomic E-state index is 12.0. The Morgan fingerprint density at radius 1 is 1.38 bits per heavy atom. The molecule has 0 saturated heterocycles. The molecule has 0 atom stereocenters. The standard InChI is InChI=1S/C13H12N4O4/c14-12(18)11-7-10(17(20)21)8-16(13(11)19)6-3-9-1-4-15-5-2-9/h1-2,4-5,7-8H,3,6H2,(H2,14,18). The molecule has 0 aliphatic rings. The Labute approximate surface area is 119 Å². The summed E-state index contributed by atoms with van der Waals surface area (Å²) in [7, 11) is 0. The number of carbonyl (C=O) groups is 1. The lowest BCUT2D eigenvalue weighted by atomic mass is 10.2. The van der Waals surface area contributed by atoms with Crippen molar-refractivity contribution in [3.63, 3.8) is 0 Å². The third kappa shape index (κ3) is 3.30. The predicted molar refractivity (Wildman–Crippen MR) is 73.8 cm³/mol. The number of amides is 1. The predicted octanol–water partition coefficient (Wildman–Crippen LogP) is 0.493. The zero-order valence-electron chi connectivity index (χ0n) is 10.9. The molecule has 0 unspecified atom stereocenters. The molecule has 1 amide bonds. The zero-order valence-corrected chi connectivity index (χ0v) is 10.9. The van der Waals surface area contributed by atoms with Gasteiger partial charge in [-0.05, 0) is 24.1 Å². The minimum absolute atomic E-state index is 0.199. The van der Waals surface area contributed by atoms with Crippen molar-refractivity contribution in [3.8, 4) is 0 Å². The smallest absolute Gasteiger partial charge is 0.286 e. The van der Waals surface area contributed by atoms with E-state index in [-0.39, 0.29) is 17.8 Å². The first-order valence-corrected chi connectivity index (χ1v) is 6.06. The van der Waals surface area contributed by atoms with Gasteiger partial charge in [0.15, 0.2) is 0 Å². The summed E-state index contributed by atoms with van der Waals surface area (Å²) in [4.78, 5) is 37.3. The number of hydrogen-bond acceptors (Lipinski definition) is 5. The fraction of sp³-hybridized carbons (Fsp3) is 0.154. The molecule has 0 saturated carbocycles. The van der Waals surface area contributed by atoms with Gasteiger partial charge in [0, 0.05) is 25.0 Å². The van der Waals surface area contributed by atoms with Crippen molar-refractivity contribution in [1.29, 1.82) is 0 Å². The Morgan fingerprint density at radius 2 is 2.05 bits per heavy atom. The van der Waals surface area contributed by atoms with Gasteiger partial charge in [-0.15, -0.1) is 0 Å². The molecule has 0 bridgehead atoms. The van der Waals surface area contributed by atoms with Gasteiger partial charge in [0.25, 0.3) is 17.2 Å². The number of aryl methyl sites for hydroxylation is 2. The van der Waals surface area contributed by atoms with Crippen molar-refractivity contribution < 1.29 is 9.72 Å². The Hall–Kier alpha value is -3.03. The molecule has 2 heterocycles. The molecule has 0 aromatic carbocycles. The van der Waals surface area contributed by atoms with E-state index in [1.807, 2.05) is 0 Å². The number of primary amides is 1. The number of nitrogens with zero attached hydrogens (tertiary/aromatic N) is 3. The van der Waals surface area contributed by atoms with Crippen LogP contribution in [0, 0.1) is 10.1 Å². The van der Waals surface area contributed by atoms with Crippen LogP contribution < -0.4 is 11.3 Å². The van der Waals surface area contributed by atoms with Crippen molar-refractivity contribution in [2.45, 2.75) is 13.0 Å². The van der Waals surface area contributed by atoms with Crippen LogP contribution in [0.4, 0.5) is 5.69 Å². The number of nitrogens with two attached hydrogens (primary N) is 1. The van der Waals surface area contributed by atoms with Crippen LogP contribution in [-0.4, -0.2) is 20.4 Å². The van der Waals surface area contributed by atoms with Crippen molar-refractivity contribution in [2.75, 3.05) is 0 Å². The number of rotatable bonds is 5. The second-order valence-electron chi connectivity index (χ2n) is 4.34. The van der Waals surface area contributed by atoms with Crippen LogP contribution in [0.25, 0.3) is 0 Å². The summed E-state index contributed by atoms with van der Waals surface area (Å²) in [5.74, 6) is -0.985. The highest BCUT2D eigenvalue weighted by molar-refractivity contribution is 5.92. The van der Waals surface area contributed by atoms with Crippen molar-refractivity contribution >= 4 is 11.6 Å². The Balaban J connectivity index is 2.36. The first-order chi connectivity index (χ1) is 9.99. The van der Waals surface area contributed by atoms with Gasteiger partial charge in [-0.3, -0.25) is 24.7 Å². The first kappa shape index (κ1) is 14.4. The number of carbonyl (C=O) groups excluding carboxylic acids is 1. The van der Waals surface area contributed by atoms with Crippen molar-refractivity contribution in [1.82, 2.24) is 9.55 Å². The fourth-order valence-electron chi connectivity index (χ4n) is 1.86. The molecule has 2 rings (SSSR count). The minimum atomic E-state index is -0.985. The van der Waals surface area contributed by atoms with E-state index in [9.17, 15) is 19.7 Å². The normalized spacial score (nSPS) is 10.3. The van der Waals surface area contributed by atoms with Crippen LogP contribution in [0.15, 0.2) is 41.6 Å². The van der Waals surface area contributed by atoms with Gasteiger partial charge in [0.05, 0.1) is 11.1 Å². The first-order valence-electron chi connectivity index (χ1n) is 6.06. The Bertz CT molecular complexity index is 740. The number of hydrogen-bond donors (Lipinski definition) is 1. The average molecular weight is 288 g/mol. The summed E-state index contributed by atoms with van der Waals surface area (Å²) in [6.07, 6.45) is 4.80. The van der Waals surface area contributed by atoms with Gasteiger partial charge in [-0.2, -0.15) is 0 Å². The number of nitro groups is 1. The molecular formula is C13H12N4O4. The summed E-state index contributed by atoms with van der Waals surface area (Å²) in [6, 6.07) is 4.45. The Morgan fingerprint density at radius 3 is 2.62 bits per heavy atom. The number of aromatic nitrogens is 2. The van der Waals surface area contributed by atoms with E-state index in [4.69, 9.17) is 5.73 Å². The Kier molecular flexibility index (Phi) is 4.07. The lowest BCUT2D eigenvalue weighted by Crippen LogP contribution is -2.30. The van der Waals surface area contributed by atoms with E-state index >= 15 is 0 Å². The summed E-state index contributed by atoms with van der Waals surface area (Å²) in [5.41, 5.74) is 4.62. The van der Waals surface area contributed by atoms with E-state index < -0.39 is 16.4 Å². The SMILES string of the molecule is NC(=O)c1cc([N+](=O)[O-])cn(CCc2ccncc2)c1=O. The minimum Gasteiger partial charge on any atom is -0.365 e. The highest BCUT2D eigenvalue weighted by atomic mass is 16.6. The van der Waals surface area contributed by atoms with Crippen LogP contribution in [0.2, 0.25) is 0 Å². The third-order valence-electron chi connectivity index (χ3n) is 2.94. The highest BCUT2D eigenvalue weighted by Gasteiger charge is 2.17. The van der Waals surface area contributed by atoms with E-state index in [1.165, 1.54) is 0 Å². The molecular weight excluding hydrogens is 276 g/mol. The molecule has 0 fully saturated rings. The maximum Gasteiger partial charge on any atom is 0.286 e. The van der Waals surface area contributed by atoms with Gasteiger partial charge >= 0.3 is 0 Å². The van der Waals surface area contributed by atoms with E-state index in [1.54, 1.807) is 24.5 Å². The zero-order chi connectivity index (χ0) is 15.4. The van der Waals surface area contributed by atoms with Crippen LogP contribution in [0.5, 0.6) is 0 Å². The molecule has 0 spiro atoms. The summed E-state index contributed by atoms with van der Waals surface area (Å²) in [6.45, 7) is 0.199. The molecule has 0 aliphatic heterocycles. The largest absolute Gasteiger partial charge is 0.365 e. The summed E-state index contributed by atoms with van der Waals surface area (Å²) >= 11 is 0. The fourth-order valence-corrected chi connectivity index (χ4v) is 1.86. The maximum atomic E-state index is 12.0. The van der Waals surface area contributed by atoms with Gasteiger partial charge < -0.3 is 10.3 Å². The van der Waals surface area contributed by atoms with Gasteiger partial charge in [0.2, 0.25) is 0 Å². The van der Waals surface area contributed by atoms with Crippen LogP contribution in [0.3, 0.4) is 0 Å². The lowest BCUT2D eigenvalue weighted by molar-refractivity contribution is -0.385. The van der Waals surface area contributed by atoms with Crippen LogP contribution in [0.1, 0.15) is 15.9 Å². The molecule has 2 N–H and O–H groups in total. The van der Waals surface area contributed by atoms with Crippen molar-refractivity contribution in [3.05, 3.63) is 68.4 Å². The van der Waals surface area contributed by atoms with Crippen molar-refractivity contribution in [2.24, 2.45) is 5.73 Å². The molecule has 8 heteroatoms. The van der Waals surface area contributed by atoms with E-state index in [0.29, 0.717) is 6.42 Å². The van der Waals surface area contributed by atoms with Gasteiger partial charge in [-0.25, -0.2) is 0 Å². The molecule has 0 aliphatic carbocycles. The van der Waals surface area contributed by atoms with Gasteiger partial charge in [-0.1, -0.05) is 0 Å². The molecule has 108 valence electrons. The quantitative estimate of drug-likeness (QED) is 0.634. The van der Waals surface area contributed by atoms with E-state index in [0.717, 1.165) is 22.4 Å². The summed E-state index contributed by atoms with van der Waals surface area (Å²) in [5, 5.41) is 10.8. The molecule has 8 nitrogen and oxygen atoms in total. The van der Waals surface area contributed by atoms with Gasteiger partial charge in [0.1, 0.15) is 5.56 Å². The second kappa shape index (κ2) is 5.95. The second-order valence-corrected chi connectivity index (χ2v) is 4.34.